The fraction of sp³-hybridized carbons (Fsp3) is 0.278. The maximum atomic E-state index is 6.37. The molecule has 6 heteroatoms. The predicted molar refractivity (Wildman–Crippen MR) is 100 cm³/mol. The van der Waals surface area contributed by atoms with Gasteiger partial charge in [0.1, 0.15) is 0 Å². The number of nitrogens with zero attached hydrogens (tertiary/aromatic N) is 1. The van der Waals surface area contributed by atoms with Gasteiger partial charge >= 0.3 is 0 Å². The normalized spacial score (nSPS) is 11.2. The molecule has 0 saturated heterocycles. The highest BCUT2D eigenvalue weighted by atomic mass is 35.5. The van der Waals surface area contributed by atoms with E-state index in [4.69, 9.17) is 33.7 Å². The summed E-state index contributed by atoms with van der Waals surface area (Å²) in [5.74, 6) is 0.572. The Hall–Kier alpha value is -1.75. The van der Waals surface area contributed by atoms with Crippen LogP contribution in [0.5, 0.6) is 5.88 Å². The molecule has 0 atom stereocenters. The van der Waals surface area contributed by atoms with E-state index >= 15 is 0 Å². The van der Waals surface area contributed by atoms with Gasteiger partial charge in [0.2, 0.25) is 5.88 Å². The molecule has 0 aliphatic rings. The fourth-order valence-electron chi connectivity index (χ4n) is 2.87. The highest BCUT2D eigenvalue weighted by Crippen LogP contribution is 2.36. The maximum absolute atomic E-state index is 6.37. The minimum absolute atomic E-state index is 0.572. The lowest BCUT2D eigenvalue weighted by Crippen LogP contribution is -1.99. The second-order valence-corrected chi connectivity index (χ2v) is 6.44. The van der Waals surface area contributed by atoms with Crippen molar-refractivity contribution in [1.82, 2.24) is 9.97 Å². The number of rotatable bonds is 6. The van der Waals surface area contributed by atoms with E-state index in [-0.39, 0.29) is 0 Å². The third-order valence-electron chi connectivity index (χ3n) is 4.00. The zero-order chi connectivity index (χ0) is 17.1. The Morgan fingerprint density at radius 3 is 2.79 bits per heavy atom. The summed E-state index contributed by atoms with van der Waals surface area (Å²) >= 11 is 12.6. The number of aryl methyl sites for hydroxylation is 1. The SMILES string of the molecule is COc1cccc(-c2[nH]c3c(Cl)cc(Cl)cc3c2CCCCN)n1. The van der Waals surface area contributed by atoms with Crippen molar-refractivity contribution >= 4 is 34.1 Å². The highest BCUT2D eigenvalue weighted by molar-refractivity contribution is 6.38. The molecule has 0 aliphatic carbocycles. The Balaban J connectivity index is 2.17. The number of fused-ring (bicyclic) bond motifs is 1. The summed E-state index contributed by atoms with van der Waals surface area (Å²) in [6.45, 7) is 0.677. The van der Waals surface area contributed by atoms with Crippen LogP contribution in [0.3, 0.4) is 0 Å². The number of nitrogens with one attached hydrogen (secondary N) is 1. The van der Waals surface area contributed by atoms with E-state index in [1.54, 1.807) is 13.2 Å². The van der Waals surface area contributed by atoms with Gasteiger partial charge in [-0.3, -0.25) is 0 Å². The number of halogens is 2. The molecule has 2 heterocycles. The van der Waals surface area contributed by atoms with Gasteiger partial charge in [0.15, 0.2) is 0 Å². The molecule has 24 heavy (non-hydrogen) atoms. The number of benzene rings is 1. The number of hydrogen-bond donors (Lipinski definition) is 2. The summed E-state index contributed by atoms with van der Waals surface area (Å²) in [5.41, 5.74) is 9.44. The van der Waals surface area contributed by atoms with E-state index in [0.29, 0.717) is 22.5 Å². The number of nitrogens with two attached hydrogens (primary N) is 1. The number of pyridine rings is 1. The molecule has 0 fully saturated rings. The molecule has 0 unspecified atom stereocenters. The topological polar surface area (TPSA) is 63.9 Å². The summed E-state index contributed by atoms with van der Waals surface area (Å²) < 4.78 is 5.24. The van der Waals surface area contributed by atoms with Gasteiger partial charge in [-0.1, -0.05) is 29.3 Å². The Morgan fingerprint density at radius 1 is 1.21 bits per heavy atom. The summed E-state index contributed by atoms with van der Waals surface area (Å²) in [4.78, 5) is 7.96. The van der Waals surface area contributed by atoms with Gasteiger partial charge in [0.05, 0.1) is 29.0 Å². The molecule has 3 rings (SSSR count). The number of methoxy groups -OCH3 is 1. The van der Waals surface area contributed by atoms with Crippen molar-refractivity contribution in [3.8, 4) is 17.3 Å². The van der Waals surface area contributed by atoms with Crippen LogP contribution in [0.4, 0.5) is 0 Å². The lowest BCUT2D eigenvalue weighted by atomic mass is 10.0. The number of hydrogen-bond acceptors (Lipinski definition) is 3. The first-order valence-corrected chi connectivity index (χ1v) is 8.60. The molecule has 1 aromatic carbocycles. The Labute approximate surface area is 150 Å². The van der Waals surface area contributed by atoms with Crippen LogP contribution in [0.1, 0.15) is 18.4 Å². The van der Waals surface area contributed by atoms with Gasteiger partial charge in [0, 0.05) is 16.5 Å². The van der Waals surface area contributed by atoms with E-state index in [2.05, 4.69) is 9.97 Å². The van der Waals surface area contributed by atoms with Crippen LogP contribution in [0.15, 0.2) is 30.3 Å². The first kappa shape index (κ1) is 17.1. The van der Waals surface area contributed by atoms with E-state index < -0.39 is 0 Å². The van der Waals surface area contributed by atoms with Gasteiger partial charge in [-0.2, -0.15) is 0 Å². The summed E-state index contributed by atoms with van der Waals surface area (Å²) in [6.07, 6.45) is 2.83. The average Bonchev–Trinajstić information content (AvgIpc) is 2.94. The molecular weight excluding hydrogens is 345 g/mol. The predicted octanol–water partition coefficient (Wildman–Crippen LogP) is 4.83. The molecule has 0 spiro atoms. The lowest BCUT2D eigenvalue weighted by molar-refractivity contribution is 0.398. The first-order chi connectivity index (χ1) is 11.6. The standard InChI is InChI=1S/C18H19Cl2N3O/c1-24-16-7-4-6-15(22-16)18-12(5-2-3-8-21)13-9-11(19)10-14(20)17(13)23-18/h4,6-7,9-10,23H,2-3,5,8,21H2,1H3. The van der Waals surface area contributed by atoms with E-state index in [9.17, 15) is 0 Å². The summed E-state index contributed by atoms with van der Waals surface area (Å²) in [7, 11) is 1.61. The summed E-state index contributed by atoms with van der Waals surface area (Å²) in [6, 6.07) is 9.39. The maximum Gasteiger partial charge on any atom is 0.213 e. The minimum Gasteiger partial charge on any atom is -0.481 e. The van der Waals surface area contributed by atoms with Crippen molar-refractivity contribution in [2.45, 2.75) is 19.3 Å². The van der Waals surface area contributed by atoms with Crippen LogP contribution < -0.4 is 10.5 Å². The van der Waals surface area contributed by atoms with Crippen molar-refractivity contribution < 1.29 is 4.74 Å². The van der Waals surface area contributed by atoms with E-state index in [1.807, 2.05) is 24.3 Å². The fourth-order valence-corrected chi connectivity index (χ4v) is 3.41. The third-order valence-corrected chi connectivity index (χ3v) is 4.52. The van der Waals surface area contributed by atoms with Crippen molar-refractivity contribution in [3.63, 3.8) is 0 Å². The van der Waals surface area contributed by atoms with Gasteiger partial charge < -0.3 is 15.5 Å². The number of ether oxygens (including phenoxy) is 1. The molecule has 3 N–H and O–H groups in total. The first-order valence-electron chi connectivity index (χ1n) is 7.85. The number of H-pyrrole nitrogens is 1. The lowest BCUT2D eigenvalue weighted by Gasteiger charge is -2.06. The van der Waals surface area contributed by atoms with Crippen LogP contribution in [0.2, 0.25) is 10.0 Å². The van der Waals surface area contributed by atoms with Crippen LogP contribution in [0.25, 0.3) is 22.3 Å². The monoisotopic (exact) mass is 363 g/mol. The zero-order valence-corrected chi connectivity index (χ0v) is 14.9. The Morgan fingerprint density at radius 2 is 2.04 bits per heavy atom. The van der Waals surface area contributed by atoms with Gasteiger partial charge in [-0.05, 0) is 49.6 Å². The van der Waals surface area contributed by atoms with Gasteiger partial charge in [-0.15, -0.1) is 0 Å². The van der Waals surface area contributed by atoms with Crippen molar-refractivity contribution in [2.24, 2.45) is 5.73 Å². The van der Waals surface area contributed by atoms with E-state index in [1.165, 1.54) is 0 Å². The molecule has 0 saturated carbocycles. The van der Waals surface area contributed by atoms with Crippen molar-refractivity contribution in [2.75, 3.05) is 13.7 Å². The van der Waals surface area contributed by atoms with Crippen LogP contribution in [-0.2, 0) is 6.42 Å². The molecule has 0 bridgehead atoms. The summed E-state index contributed by atoms with van der Waals surface area (Å²) in [5, 5.41) is 2.26. The molecule has 0 aliphatic heterocycles. The number of unbranched alkanes of at least 4 members (excludes halogenated alkanes) is 1. The zero-order valence-electron chi connectivity index (χ0n) is 13.4. The average molecular weight is 364 g/mol. The van der Waals surface area contributed by atoms with Crippen molar-refractivity contribution in [3.05, 3.63) is 45.9 Å². The third kappa shape index (κ3) is 3.36. The molecule has 0 amide bonds. The molecule has 0 radical (unpaired) electrons. The number of aromatic amines is 1. The van der Waals surface area contributed by atoms with Crippen molar-refractivity contribution in [1.29, 1.82) is 0 Å². The second-order valence-electron chi connectivity index (χ2n) is 5.60. The second kappa shape index (κ2) is 7.43. The van der Waals surface area contributed by atoms with Crippen LogP contribution in [-0.4, -0.2) is 23.6 Å². The largest absolute Gasteiger partial charge is 0.481 e. The quantitative estimate of drug-likeness (QED) is 0.616. The van der Waals surface area contributed by atoms with E-state index in [0.717, 1.165) is 47.1 Å². The molecule has 3 aromatic rings. The Kier molecular flexibility index (Phi) is 5.29. The Bertz CT molecular complexity index is 861. The molecule has 4 nitrogen and oxygen atoms in total. The number of aromatic nitrogens is 2. The molecule has 2 aromatic heterocycles. The van der Waals surface area contributed by atoms with Gasteiger partial charge in [-0.25, -0.2) is 4.98 Å². The smallest absolute Gasteiger partial charge is 0.213 e. The molecule has 126 valence electrons. The van der Waals surface area contributed by atoms with Gasteiger partial charge in [0.25, 0.3) is 0 Å². The highest BCUT2D eigenvalue weighted by Gasteiger charge is 2.17. The molecular formula is C18H19Cl2N3O. The minimum atomic E-state index is 0.572. The van der Waals surface area contributed by atoms with Crippen LogP contribution >= 0.6 is 23.2 Å². The van der Waals surface area contributed by atoms with Crippen LogP contribution in [0, 0.1) is 0 Å².